The monoisotopic (exact) mass is 570 g/mol. The molecule has 2 aromatic rings. The van der Waals surface area contributed by atoms with E-state index in [-0.39, 0.29) is 41.8 Å². The van der Waals surface area contributed by atoms with Crippen molar-refractivity contribution in [2.75, 3.05) is 0 Å². The Kier molecular flexibility index (Phi) is 6.58. The normalized spacial score (nSPS) is 32.1. The Balaban J connectivity index is 1.58. The van der Waals surface area contributed by atoms with E-state index in [4.69, 9.17) is 0 Å². The van der Waals surface area contributed by atoms with E-state index in [1.807, 2.05) is 0 Å². The number of aliphatic hydroxyl groups is 1. The smallest absolute Gasteiger partial charge is 0.390 e. The van der Waals surface area contributed by atoms with Gasteiger partial charge in [-0.1, -0.05) is 18.2 Å². The molecule has 0 radical (unpaired) electrons. The first-order valence-corrected chi connectivity index (χ1v) is 14.6. The van der Waals surface area contributed by atoms with Crippen LogP contribution in [0.15, 0.2) is 47.4 Å². The zero-order valence-electron chi connectivity index (χ0n) is 21.7. The molecule has 2 fully saturated rings. The molecular formula is C29H31F5O4S. The van der Waals surface area contributed by atoms with Crippen molar-refractivity contribution in [3.8, 4) is 0 Å². The molecular weight excluding hydrogens is 539 g/mol. The van der Waals surface area contributed by atoms with Crippen molar-refractivity contribution in [2.45, 2.75) is 85.9 Å². The van der Waals surface area contributed by atoms with E-state index in [9.17, 15) is 40.3 Å². The van der Waals surface area contributed by atoms with Gasteiger partial charge in [0, 0.05) is 12.3 Å². The largest absolute Gasteiger partial charge is 0.426 e. The molecule has 4 atom stereocenters. The van der Waals surface area contributed by atoms with Gasteiger partial charge in [0.15, 0.2) is 9.84 Å². The maximum Gasteiger partial charge on any atom is 0.426 e. The minimum absolute atomic E-state index is 0.0268. The number of fused-ring (bicyclic) bond motifs is 3. The zero-order valence-corrected chi connectivity index (χ0v) is 22.5. The van der Waals surface area contributed by atoms with Crippen molar-refractivity contribution in [1.29, 1.82) is 0 Å². The van der Waals surface area contributed by atoms with E-state index in [2.05, 4.69) is 0 Å². The number of sulfone groups is 1. The lowest BCUT2D eigenvalue weighted by Gasteiger charge is -2.43. The standard InChI is InChI=1S/C29H31F5O4S/c1-26(36)15-19(16-26)25(35)14-18-11-12-28(39(37,38)22-7-5-21(30)6-8-22)23(18)9-3-17-13-20(4-10-24(17)28)27(2,31)29(32,33)34/h4-8,10,13,18-19,23,36H,3,9,11-12,14-16H2,1-2H3/t18-,19?,23-,26?,27?,28-/m0/s1. The maximum absolute atomic E-state index is 14.8. The molecule has 3 aliphatic rings. The number of rotatable bonds is 6. The molecule has 4 nitrogen and oxygen atoms in total. The molecule has 5 rings (SSSR count). The molecule has 0 aromatic heterocycles. The predicted octanol–water partition coefficient (Wildman–Crippen LogP) is 6.33. The van der Waals surface area contributed by atoms with Crippen LogP contribution < -0.4 is 0 Å². The Morgan fingerprint density at radius 3 is 2.28 bits per heavy atom. The van der Waals surface area contributed by atoms with Crippen LogP contribution in [0.5, 0.6) is 0 Å². The topological polar surface area (TPSA) is 71.4 Å². The van der Waals surface area contributed by atoms with E-state index in [0.717, 1.165) is 24.3 Å². The van der Waals surface area contributed by atoms with Crippen LogP contribution in [0.25, 0.3) is 0 Å². The summed E-state index contributed by atoms with van der Waals surface area (Å²) in [6, 6.07) is 7.87. The fraction of sp³-hybridized carbons (Fsp3) is 0.552. The Bertz CT molecular complexity index is 1390. The first-order chi connectivity index (χ1) is 18.0. The number of alkyl halides is 4. The fourth-order valence-corrected chi connectivity index (χ4v) is 9.65. The molecule has 0 amide bonds. The van der Waals surface area contributed by atoms with Gasteiger partial charge in [-0.15, -0.1) is 0 Å². The summed E-state index contributed by atoms with van der Waals surface area (Å²) in [6.07, 6.45) is -3.21. The molecule has 10 heteroatoms. The Labute approximate surface area is 224 Å². The molecule has 1 unspecified atom stereocenters. The summed E-state index contributed by atoms with van der Waals surface area (Å²) in [7, 11) is -4.20. The lowest BCUT2D eigenvalue weighted by molar-refractivity contribution is -0.228. The lowest BCUT2D eigenvalue weighted by atomic mass is 9.67. The number of hydrogen-bond donors (Lipinski definition) is 1. The zero-order chi connectivity index (χ0) is 28.6. The van der Waals surface area contributed by atoms with Crippen molar-refractivity contribution in [3.05, 3.63) is 65.0 Å². The summed E-state index contributed by atoms with van der Waals surface area (Å²) in [6.45, 7) is 2.11. The highest BCUT2D eigenvalue weighted by molar-refractivity contribution is 7.92. The van der Waals surface area contributed by atoms with Crippen LogP contribution in [0.1, 0.15) is 69.1 Å². The van der Waals surface area contributed by atoms with Crippen LogP contribution in [0.2, 0.25) is 0 Å². The van der Waals surface area contributed by atoms with E-state index in [0.29, 0.717) is 43.7 Å². The molecule has 3 aliphatic carbocycles. The number of halogens is 5. The van der Waals surface area contributed by atoms with Crippen LogP contribution in [-0.2, 0) is 31.5 Å². The van der Waals surface area contributed by atoms with Crippen molar-refractivity contribution >= 4 is 15.6 Å². The Morgan fingerprint density at radius 1 is 1.05 bits per heavy atom. The lowest BCUT2D eigenvalue weighted by Crippen LogP contribution is -2.46. The molecule has 0 spiro atoms. The second kappa shape index (κ2) is 9.09. The number of benzene rings is 2. The first kappa shape index (κ1) is 28.2. The maximum atomic E-state index is 14.8. The van der Waals surface area contributed by atoms with Gasteiger partial charge in [0.25, 0.3) is 0 Å². The van der Waals surface area contributed by atoms with Crippen molar-refractivity contribution in [2.24, 2.45) is 17.8 Å². The van der Waals surface area contributed by atoms with E-state index in [1.165, 1.54) is 18.2 Å². The number of hydrogen-bond acceptors (Lipinski definition) is 4. The van der Waals surface area contributed by atoms with Gasteiger partial charge >= 0.3 is 6.18 Å². The van der Waals surface area contributed by atoms with Crippen LogP contribution in [0.4, 0.5) is 22.0 Å². The molecule has 212 valence electrons. The van der Waals surface area contributed by atoms with E-state index in [1.54, 1.807) is 6.92 Å². The third-order valence-electron chi connectivity index (χ3n) is 9.31. The minimum atomic E-state index is -5.15. The fourth-order valence-electron chi connectivity index (χ4n) is 7.15. The molecule has 0 aliphatic heterocycles. The highest BCUT2D eigenvalue weighted by Crippen LogP contribution is 2.60. The highest BCUT2D eigenvalue weighted by Gasteiger charge is 2.61. The van der Waals surface area contributed by atoms with Crippen LogP contribution >= 0.6 is 0 Å². The number of carbonyl (C=O) groups is 1. The molecule has 2 aromatic carbocycles. The summed E-state index contributed by atoms with van der Waals surface area (Å²) in [4.78, 5) is 12.9. The van der Waals surface area contributed by atoms with Gasteiger partial charge < -0.3 is 5.11 Å². The van der Waals surface area contributed by atoms with E-state index >= 15 is 0 Å². The minimum Gasteiger partial charge on any atom is -0.390 e. The molecule has 2 saturated carbocycles. The summed E-state index contributed by atoms with van der Waals surface area (Å²) in [5.41, 5.74) is -4.43. The predicted molar refractivity (Wildman–Crippen MR) is 134 cm³/mol. The summed E-state index contributed by atoms with van der Waals surface area (Å²) in [5, 5.41) is 10.1. The number of Topliss-reactive ketones (excluding diaryl/α,β-unsaturated/α-hetero) is 1. The van der Waals surface area contributed by atoms with Gasteiger partial charge in [-0.05, 0) is 105 Å². The first-order valence-electron chi connectivity index (χ1n) is 13.1. The third kappa shape index (κ3) is 4.42. The summed E-state index contributed by atoms with van der Waals surface area (Å²) >= 11 is 0. The SMILES string of the molecule is CC1(O)CC(C(=O)C[C@@H]2CC[C@@]3(S(=O)(=O)c4ccc(F)cc4)c4ccc(C(C)(F)C(F)(F)F)cc4CC[C@@H]23)C1. The van der Waals surface area contributed by atoms with Gasteiger partial charge in [-0.2, -0.15) is 13.2 Å². The van der Waals surface area contributed by atoms with Crippen LogP contribution in [0.3, 0.4) is 0 Å². The molecule has 1 N–H and O–H groups in total. The van der Waals surface area contributed by atoms with E-state index < -0.39 is 49.3 Å². The average Bonchev–Trinajstić information content (AvgIpc) is 3.22. The Hall–Kier alpha value is -2.33. The molecule has 0 saturated heterocycles. The van der Waals surface area contributed by atoms with Crippen molar-refractivity contribution in [3.63, 3.8) is 0 Å². The van der Waals surface area contributed by atoms with Gasteiger partial charge in [-0.3, -0.25) is 4.79 Å². The molecule has 0 heterocycles. The second-order valence-corrected chi connectivity index (χ2v) is 14.1. The van der Waals surface area contributed by atoms with Gasteiger partial charge in [-0.25, -0.2) is 17.2 Å². The van der Waals surface area contributed by atoms with Crippen LogP contribution in [-0.4, -0.2) is 31.1 Å². The summed E-state index contributed by atoms with van der Waals surface area (Å²) in [5.74, 6) is -1.72. The average molecular weight is 571 g/mol. The van der Waals surface area contributed by atoms with Crippen molar-refractivity contribution in [1.82, 2.24) is 0 Å². The van der Waals surface area contributed by atoms with Gasteiger partial charge in [0.05, 0.1) is 10.5 Å². The second-order valence-electron chi connectivity index (χ2n) is 11.9. The number of ketones is 1. The number of aryl methyl sites for hydroxylation is 1. The molecule has 0 bridgehead atoms. The third-order valence-corrected chi connectivity index (χ3v) is 11.9. The quantitative estimate of drug-likeness (QED) is 0.325. The van der Waals surface area contributed by atoms with Gasteiger partial charge in [0.1, 0.15) is 16.3 Å². The van der Waals surface area contributed by atoms with Crippen molar-refractivity contribution < 1.29 is 40.3 Å². The highest BCUT2D eigenvalue weighted by atomic mass is 32.2. The molecule has 39 heavy (non-hydrogen) atoms. The summed E-state index contributed by atoms with van der Waals surface area (Å²) < 4.78 is 96.0. The van der Waals surface area contributed by atoms with Crippen LogP contribution in [0, 0.1) is 23.6 Å². The van der Waals surface area contributed by atoms with Gasteiger partial charge in [0.2, 0.25) is 5.67 Å². The number of carbonyl (C=O) groups excluding carboxylic acids is 1. The Morgan fingerprint density at radius 2 is 1.69 bits per heavy atom.